The van der Waals surface area contributed by atoms with Crippen molar-refractivity contribution in [3.8, 4) is 0 Å². The Kier molecular flexibility index (Phi) is 12.2. The van der Waals surface area contributed by atoms with Crippen LogP contribution in [0.25, 0.3) is 0 Å². The number of unbranched alkanes of at least 4 members (excludes halogenated alkanes) is 1. The number of carbonyl (C=O) groups is 1. The van der Waals surface area contributed by atoms with Gasteiger partial charge in [0.2, 0.25) is 0 Å². The van der Waals surface area contributed by atoms with Gasteiger partial charge in [0, 0.05) is 11.7 Å². The molecule has 1 nitrogen and oxygen atoms in total. The first kappa shape index (κ1) is 23.1. The highest BCUT2D eigenvalue weighted by Crippen LogP contribution is 2.24. The molecule has 0 aromatic heterocycles. The first-order valence-corrected chi connectivity index (χ1v) is 12.7. The Labute approximate surface area is 180 Å². The molecular weight excluding hydrogens is 380 g/mol. The van der Waals surface area contributed by atoms with Gasteiger partial charge in [-0.25, -0.2) is 0 Å². The lowest BCUT2D eigenvalue weighted by Gasteiger charge is -2.16. The monoisotopic (exact) mass is 414 g/mol. The van der Waals surface area contributed by atoms with Gasteiger partial charge in [-0.1, -0.05) is 67.1 Å². The first-order chi connectivity index (χ1) is 13.7. The molecule has 0 saturated carbocycles. The Morgan fingerprint density at radius 3 is 2.00 bits per heavy atom. The van der Waals surface area contributed by atoms with Crippen LogP contribution in [0.2, 0.25) is 0 Å². The van der Waals surface area contributed by atoms with Gasteiger partial charge >= 0.3 is 0 Å². The van der Waals surface area contributed by atoms with E-state index >= 15 is 0 Å². The predicted octanol–water partition coefficient (Wildman–Crippen LogP) is 6.85. The van der Waals surface area contributed by atoms with E-state index in [1.165, 1.54) is 47.6 Å². The summed E-state index contributed by atoms with van der Waals surface area (Å²) in [6.07, 6.45) is 7.80. The molecule has 28 heavy (non-hydrogen) atoms. The van der Waals surface area contributed by atoms with Gasteiger partial charge in [0.1, 0.15) is 5.78 Å². The fraction of sp³-hybridized carbons (Fsp3) is 0.480. The topological polar surface area (TPSA) is 17.1 Å². The van der Waals surface area contributed by atoms with Gasteiger partial charge in [-0.2, -0.15) is 23.5 Å². The Bertz CT molecular complexity index is 642. The van der Waals surface area contributed by atoms with Crippen LogP contribution in [0.15, 0.2) is 60.7 Å². The molecule has 0 spiro atoms. The molecule has 0 saturated heterocycles. The van der Waals surface area contributed by atoms with E-state index in [0.717, 1.165) is 30.9 Å². The normalized spacial score (nSPS) is 12.0. The molecule has 1 unspecified atom stereocenters. The Hall–Kier alpha value is -1.19. The second-order valence-corrected chi connectivity index (χ2v) is 9.95. The zero-order valence-electron chi connectivity index (χ0n) is 17.1. The molecule has 0 N–H and O–H groups in total. The van der Waals surface area contributed by atoms with Crippen LogP contribution in [-0.2, 0) is 17.6 Å². The summed E-state index contributed by atoms with van der Waals surface area (Å²) in [7, 11) is 0. The van der Waals surface area contributed by atoms with Crippen molar-refractivity contribution in [3.63, 3.8) is 0 Å². The quantitative estimate of drug-likeness (QED) is 0.297. The maximum atomic E-state index is 11.2. The molecule has 152 valence electrons. The average molecular weight is 415 g/mol. The summed E-state index contributed by atoms with van der Waals surface area (Å²) in [5.74, 6) is 3.96. The lowest BCUT2D eigenvalue weighted by molar-refractivity contribution is -0.117. The molecule has 2 aromatic rings. The number of thioether (sulfide) groups is 2. The molecule has 0 aliphatic heterocycles. The predicted molar refractivity (Wildman–Crippen MR) is 128 cm³/mol. The van der Waals surface area contributed by atoms with Crippen molar-refractivity contribution in [1.29, 1.82) is 0 Å². The van der Waals surface area contributed by atoms with Crippen molar-refractivity contribution in [2.24, 2.45) is 0 Å². The Morgan fingerprint density at radius 1 is 0.786 bits per heavy atom. The fourth-order valence-electron chi connectivity index (χ4n) is 3.20. The highest BCUT2D eigenvalue weighted by Gasteiger charge is 2.10. The number of Topliss-reactive ketones (excluding diaryl/α,β-unsaturated/α-hetero) is 1. The van der Waals surface area contributed by atoms with E-state index in [4.69, 9.17) is 0 Å². The van der Waals surface area contributed by atoms with Crippen LogP contribution in [0.1, 0.15) is 50.2 Å². The third-order valence-corrected chi connectivity index (χ3v) is 7.25. The highest BCUT2D eigenvalue weighted by molar-refractivity contribution is 8.00. The molecule has 3 heteroatoms. The molecule has 0 aliphatic rings. The summed E-state index contributed by atoms with van der Waals surface area (Å²) >= 11 is 4.21. The molecule has 0 fully saturated rings. The number of aryl methyl sites for hydroxylation is 2. The van der Waals surface area contributed by atoms with Crippen molar-refractivity contribution in [1.82, 2.24) is 0 Å². The van der Waals surface area contributed by atoms with Gasteiger partial charge < -0.3 is 4.79 Å². The SMILES string of the molecule is CC(=O)CCCCC(CCSCCc1ccccc1)SCCc1ccccc1. The smallest absolute Gasteiger partial charge is 0.129 e. The van der Waals surface area contributed by atoms with Gasteiger partial charge in [0.15, 0.2) is 0 Å². The summed E-state index contributed by atoms with van der Waals surface area (Å²) < 4.78 is 0. The van der Waals surface area contributed by atoms with Gasteiger partial charge in [0.05, 0.1) is 0 Å². The van der Waals surface area contributed by atoms with E-state index in [9.17, 15) is 4.79 Å². The first-order valence-electron chi connectivity index (χ1n) is 10.5. The number of ketones is 1. The Morgan fingerprint density at radius 2 is 1.39 bits per heavy atom. The standard InChI is InChI=1S/C25H34OS2/c1-22(26)10-8-9-15-25(28-21-17-24-13-6-3-7-14-24)18-20-27-19-16-23-11-4-2-5-12-23/h2-7,11-14,25H,8-10,15-21H2,1H3. The van der Waals surface area contributed by atoms with Crippen LogP contribution < -0.4 is 0 Å². The molecule has 0 aliphatic carbocycles. The zero-order chi connectivity index (χ0) is 19.9. The number of hydrogen-bond acceptors (Lipinski definition) is 3. The molecule has 0 amide bonds. The lowest BCUT2D eigenvalue weighted by Crippen LogP contribution is -2.07. The number of benzene rings is 2. The highest BCUT2D eigenvalue weighted by atomic mass is 32.2. The number of hydrogen-bond donors (Lipinski definition) is 0. The third kappa shape index (κ3) is 11.0. The molecule has 0 radical (unpaired) electrons. The summed E-state index contributed by atoms with van der Waals surface area (Å²) in [4.78, 5) is 11.2. The summed E-state index contributed by atoms with van der Waals surface area (Å²) in [6.45, 7) is 1.70. The van der Waals surface area contributed by atoms with E-state index in [1.807, 2.05) is 0 Å². The summed E-state index contributed by atoms with van der Waals surface area (Å²) in [5.41, 5.74) is 2.87. The van der Waals surface area contributed by atoms with E-state index in [1.54, 1.807) is 6.92 Å². The summed E-state index contributed by atoms with van der Waals surface area (Å²) in [5, 5.41) is 0.722. The van der Waals surface area contributed by atoms with Crippen molar-refractivity contribution in [2.75, 3.05) is 17.3 Å². The summed E-state index contributed by atoms with van der Waals surface area (Å²) in [6, 6.07) is 21.6. The van der Waals surface area contributed by atoms with Gasteiger partial charge in [-0.05, 0) is 67.4 Å². The molecule has 2 aromatic carbocycles. The minimum atomic E-state index is 0.324. The third-order valence-electron chi connectivity index (χ3n) is 4.85. The lowest BCUT2D eigenvalue weighted by atomic mass is 10.1. The van der Waals surface area contributed by atoms with Crippen LogP contribution in [0.3, 0.4) is 0 Å². The van der Waals surface area contributed by atoms with Crippen LogP contribution in [-0.4, -0.2) is 28.3 Å². The minimum Gasteiger partial charge on any atom is -0.300 e. The Balaban J connectivity index is 1.66. The number of rotatable bonds is 15. The van der Waals surface area contributed by atoms with Crippen LogP contribution >= 0.6 is 23.5 Å². The largest absolute Gasteiger partial charge is 0.300 e. The van der Waals surface area contributed by atoms with Crippen molar-refractivity contribution < 1.29 is 4.79 Å². The van der Waals surface area contributed by atoms with E-state index < -0.39 is 0 Å². The van der Waals surface area contributed by atoms with Gasteiger partial charge in [-0.15, -0.1) is 0 Å². The van der Waals surface area contributed by atoms with E-state index in [0.29, 0.717) is 5.78 Å². The minimum absolute atomic E-state index is 0.324. The van der Waals surface area contributed by atoms with Crippen molar-refractivity contribution in [3.05, 3.63) is 71.8 Å². The average Bonchev–Trinajstić information content (AvgIpc) is 2.72. The van der Waals surface area contributed by atoms with E-state index in [2.05, 4.69) is 84.2 Å². The van der Waals surface area contributed by atoms with E-state index in [-0.39, 0.29) is 0 Å². The van der Waals surface area contributed by atoms with Gasteiger partial charge in [0.25, 0.3) is 0 Å². The second-order valence-electron chi connectivity index (χ2n) is 7.31. The second kappa shape index (κ2) is 14.8. The maximum absolute atomic E-state index is 11.2. The molecule has 2 rings (SSSR count). The fourth-order valence-corrected chi connectivity index (χ4v) is 5.69. The van der Waals surface area contributed by atoms with Crippen LogP contribution in [0, 0.1) is 0 Å². The van der Waals surface area contributed by atoms with Crippen molar-refractivity contribution >= 4 is 29.3 Å². The van der Waals surface area contributed by atoms with Crippen molar-refractivity contribution in [2.45, 2.75) is 57.1 Å². The number of carbonyl (C=O) groups excluding carboxylic acids is 1. The molecule has 0 bridgehead atoms. The van der Waals surface area contributed by atoms with Crippen LogP contribution in [0.4, 0.5) is 0 Å². The molecular formula is C25H34OS2. The molecule has 0 heterocycles. The van der Waals surface area contributed by atoms with Crippen LogP contribution in [0.5, 0.6) is 0 Å². The molecule has 1 atom stereocenters. The zero-order valence-corrected chi connectivity index (χ0v) is 18.8. The van der Waals surface area contributed by atoms with Gasteiger partial charge in [-0.3, -0.25) is 0 Å². The maximum Gasteiger partial charge on any atom is 0.129 e.